The smallest absolute Gasteiger partial charge is 0.320 e. The minimum atomic E-state index is -0.235. The van der Waals surface area contributed by atoms with E-state index in [1.807, 2.05) is 0 Å². The van der Waals surface area contributed by atoms with Crippen LogP contribution in [0.2, 0.25) is 0 Å². The highest BCUT2D eigenvalue weighted by Gasteiger charge is 2.21. The molecule has 0 radical (unpaired) electrons. The molecule has 3 nitrogen and oxygen atoms in total. The van der Waals surface area contributed by atoms with E-state index in [-0.39, 0.29) is 10.8 Å². The minimum absolute atomic E-state index is 0.203. The molecule has 0 aliphatic heterocycles. The lowest BCUT2D eigenvalue weighted by Gasteiger charge is -2.24. The Morgan fingerprint density at radius 1 is 1.35 bits per heavy atom. The third kappa shape index (κ3) is 5.38. The van der Waals surface area contributed by atoms with Gasteiger partial charge >= 0.3 is 5.97 Å². The topological polar surface area (TPSA) is 38.3 Å². The zero-order chi connectivity index (χ0) is 12.7. The van der Waals surface area contributed by atoms with Crippen molar-refractivity contribution in [2.75, 3.05) is 13.7 Å². The summed E-state index contributed by atoms with van der Waals surface area (Å²) in [6, 6.07) is 0.484. The third-order valence-electron chi connectivity index (χ3n) is 3.68. The number of nitrogens with one attached hydrogen (secondary N) is 1. The summed E-state index contributed by atoms with van der Waals surface area (Å²) in [6.07, 6.45) is 8.11. The molecule has 2 atom stereocenters. The molecule has 1 saturated carbocycles. The molecule has 100 valence electrons. The molecule has 0 aromatic rings. The Kier molecular flexibility index (Phi) is 7.12. The van der Waals surface area contributed by atoms with E-state index in [1.165, 1.54) is 45.6 Å². The van der Waals surface area contributed by atoms with E-state index in [4.69, 9.17) is 0 Å². The highest BCUT2D eigenvalue weighted by molar-refractivity contribution is 9.10. The summed E-state index contributed by atoms with van der Waals surface area (Å²) in [6.45, 7) is 2.87. The first-order valence-corrected chi connectivity index (χ1v) is 7.52. The van der Waals surface area contributed by atoms with Crippen LogP contribution >= 0.6 is 15.9 Å². The second-order valence-electron chi connectivity index (χ2n) is 4.94. The SMILES string of the molecule is COC(=O)C(Br)CN[C@@H](C)C1CCCCCC1. The highest BCUT2D eigenvalue weighted by atomic mass is 79.9. The van der Waals surface area contributed by atoms with Gasteiger partial charge in [-0.15, -0.1) is 0 Å². The van der Waals surface area contributed by atoms with Crippen molar-refractivity contribution in [3.63, 3.8) is 0 Å². The largest absolute Gasteiger partial charge is 0.468 e. The third-order valence-corrected chi connectivity index (χ3v) is 4.38. The summed E-state index contributed by atoms with van der Waals surface area (Å²) in [5, 5.41) is 3.45. The van der Waals surface area contributed by atoms with E-state index >= 15 is 0 Å². The van der Waals surface area contributed by atoms with Crippen molar-refractivity contribution in [2.24, 2.45) is 5.92 Å². The van der Waals surface area contributed by atoms with Crippen LogP contribution in [0.4, 0.5) is 0 Å². The van der Waals surface area contributed by atoms with Crippen LogP contribution in [0.3, 0.4) is 0 Å². The Morgan fingerprint density at radius 2 is 1.94 bits per heavy atom. The molecule has 1 rings (SSSR count). The first kappa shape index (κ1) is 15.0. The number of alkyl halides is 1. The summed E-state index contributed by atoms with van der Waals surface area (Å²) >= 11 is 3.33. The van der Waals surface area contributed by atoms with Gasteiger partial charge in [-0.1, -0.05) is 41.6 Å². The Morgan fingerprint density at radius 3 is 2.47 bits per heavy atom. The van der Waals surface area contributed by atoms with E-state index < -0.39 is 0 Å². The van der Waals surface area contributed by atoms with E-state index in [1.54, 1.807) is 0 Å². The van der Waals surface area contributed by atoms with Crippen LogP contribution < -0.4 is 5.32 Å². The standard InChI is InChI=1S/C13H24BrNO2/c1-10(11-7-5-3-4-6-8-11)15-9-12(14)13(16)17-2/h10-12,15H,3-9H2,1-2H3/t10-,12?/m0/s1. The van der Waals surface area contributed by atoms with Gasteiger partial charge < -0.3 is 10.1 Å². The van der Waals surface area contributed by atoms with E-state index in [2.05, 4.69) is 32.9 Å². The average molecular weight is 306 g/mol. The molecule has 1 aliphatic carbocycles. The summed E-state index contributed by atoms with van der Waals surface area (Å²) in [5.74, 6) is 0.556. The maximum atomic E-state index is 11.2. The summed E-state index contributed by atoms with van der Waals surface area (Å²) < 4.78 is 4.68. The number of carbonyl (C=O) groups excluding carboxylic acids is 1. The fraction of sp³-hybridized carbons (Fsp3) is 0.923. The molecule has 0 amide bonds. The van der Waals surface area contributed by atoms with Gasteiger partial charge in [0.25, 0.3) is 0 Å². The molecule has 0 heterocycles. The molecular weight excluding hydrogens is 282 g/mol. The summed E-state index contributed by atoms with van der Waals surface area (Å²) in [7, 11) is 1.42. The summed E-state index contributed by atoms with van der Waals surface area (Å²) in [5.41, 5.74) is 0. The second kappa shape index (κ2) is 8.09. The van der Waals surface area contributed by atoms with Gasteiger partial charge in [0.2, 0.25) is 0 Å². The van der Waals surface area contributed by atoms with Crippen LogP contribution in [0.1, 0.15) is 45.4 Å². The van der Waals surface area contributed by atoms with Gasteiger partial charge in [0, 0.05) is 12.6 Å². The van der Waals surface area contributed by atoms with E-state index in [0.717, 1.165) is 5.92 Å². The lowest BCUT2D eigenvalue weighted by molar-refractivity contribution is -0.139. The first-order valence-electron chi connectivity index (χ1n) is 6.60. The Hall–Kier alpha value is -0.0900. The fourth-order valence-corrected chi connectivity index (χ4v) is 2.85. The van der Waals surface area contributed by atoms with Crippen molar-refractivity contribution in [1.29, 1.82) is 0 Å². The fourth-order valence-electron chi connectivity index (χ4n) is 2.48. The van der Waals surface area contributed by atoms with Crippen molar-refractivity contribution in [2.45, 2.75) is 56.3 Å². The molecule has 17 heavy (non-hydrogen) atoms. The molecule has 1 fully saturated rings. The average Bonchev–Trinajstić information content (AvgIpc) is 2.63. The van der Waals surface area contributed by atoms with E-state index in [9.17, 15) is 4.79 Å². The van der Waals surface area contributed by atoms with Crippen molar-refractivity contribution in [1.82, 2.24) is 5.32 Å². The molecule has 0 bridgehead atoms. The lowest BCUT2D eigenvalue weighted by atomic mass is 9.93. The predicted molar refractivity (Wildman–Crippen MR) is 73.4 cm³/mol. The van der Waals surface area contributed by atoms with Crippen molar-refractivity contribution >= 4 is 21.9 Å². The molecule has 0 spiro atoms. The van der Waals surface area contributed by atoms with Crippen molar-refractivity contribution < 1.29 is 9.53 Å². The van der Waals surface area contributed by atoms with Crippen LogP contribution in [-0.2, 0) is 9.53 Å². The number of methoxy groups -OCH3 is 1. The molecule has 0 aromatic carbocycles. The Bertz CT molecular complexity index is 227. The van der Waals surface area contributed by atoms with Gasteiger partial charge in [0.15, 0.2) is 0 Å². The van der Waals surface area contributed by atoms with Crippen molar-refractivity contribution in [3.05, 3.63) is 0 Å². The Balaban J connectivity index is 2.27. The maximum Gasteiger partial charge on any atom is 0.320 e. The molecular formula is C13H24BrNO2. The first-order chi connectivity index (χ1) is 8.15. The normalized spacial score (nSPS) is 21.6. The Labute approximate surface area is 113 Å². The van der Waals surface area contributed by atoms with Crippen LogP contribution in [0, 0.1) is 5.92 Å². The molecule has 4 heteroatoms. The number of rotatable bonds is 5. The second-order valence-corrected chi connectivity index (χ2v) is 6.04. The van der Waals surface area contributed by atoms with Gasteiger partial charge in [-0.3, -0.25) is 4.79 Å². The van der Waals surface area contributed by atoms with Crippen LogP contribution in [0.15, 0.2) is 0 Å². The molecule has 0 saturated heterocycles. The lowest BCUT2D eigenvalue weighted by Crippen LogP contribution is -2.39. The maximum absolute atomic E-state index is 11.2. The monoisotopic (exact) mass is 305 g/mol. The molecule has 0 aromatic heterocycles. The van der Waals surface area contributed by atoms with Crippen molar-refractivity contribution in [3.8, 4) is 0 Å². The van der Waals surface area contributed by atoms with Crippen LogP contribution in [0.5, 0.6) is 0 Å². The molecule has 1 unspecified atom stereocenters. The number of hydrogen-bond acceptors (Lipinski definition) is 3. The van der Waals surface area contributed by atoms with Gasteiger partial charge in [-0.2, -0.15) is 0 Å². The number of carbonyl (C=O) groups is 1. The predicted octanol–water partition coefficient (Wildman–Crippen LogP) is 2.87. The number of halogens is 1. The van der Waals surface area contributed by atoms with Gasteiger partial charge in [-0.05, 0) is 25.7 Å². The highest BCUT2D eigenvalue weighted by Crippen LogP contribution is 2.25. The number of ether oxygens (including phenoxy) is 1. The number of hydrogen-bond donors (Lipinski definition) is 1. The van der Waals surface area contributed by atoms with Gasteiger partial charge in [0.1, 0.15) is 4.83 Å². The quantitative estimate of drug-likeness (QED) is 0.482. The van der Waals surface area contributed by atoms with E-state index in [0.29, 0.717) is 12.6 Å². The molecule has 1 N–H and O–H groups in total. The van der Waals surface area contributed by atoms with Gasteiger partial charge in [0.05, 0.1) is 7.11 Å². The zero-order valence-electron chi connectivity index (χ0n) is 10.9. The van der Waals surface area contributed by atoms with Crippen LogP contribution in [-0.4, -0.2) is 30.5 Å². The summed E-state index contributed by atoms with van der Waals surface area (Å²) in [4.78, 5) is 11.0. The van der Waals surface area contributed by atoms with Gasteiger partial charge in [-0.25, -0.2) is 0 Å². The minimum Gasteiger partial charge on any atom is -0.468 e. The number of esters is 1. The molecule has 1 aliphatic rings. The van der Waals surface area contributed by atoms with Crippen LogP contribution in [0.25, 0.3) is 0 Å². The zero-order valence-corrected chi connectivity index (χ0v) is 12.5.